The zero-order valence-corrected chi connectivity index (χ0v) is 11.8. The molecule has 0 bridgehead atoms. The van der Waals surface area contributed by atoms with Crippen molar-refractivity contribution < 1.29 is 5.11 Å². The van der Waals surface area contributed by atoms with Gasteiger partial charge in [0.15, 0.2) is 0 Å². The third-order valence-corrected chi connectivity index (χ3v) is 4.73. The molecule has 0 aliphatic carbocycles. The van der Waals surface area contributed by atoms with Crippen LogP contribution in [0.15, 0.2) is 6.20 Å². The lowest BCUT2D eigenvalue weighted by Gasteiger charge is -2.32. The Morgan fingerprint density at radius 2 is 2.29 bits per heavy atom. The Bertz CT molecular complexity index is 370. The first-order valence-corrected chi connectivity index (χ1v) is 7.20. The predicted molar refractivity (Wildman–Crippen MR) is 71.1 cm³/mol. The molecule has 0 spiro atoms. The topological polar surface area (TPSA) is 36.4 Å². The van der Waals surface area contributed by atoms with Crippen LogP contribution in [-0.2, 0) is 12.1 Å². The third-order valence-electron chi connectivity index (χ3n) is 3.44. The van der Waals surface area contributed by atoms with E-state index in [4.69, 9.17) is 0 Å². The van der Waals surface area contributed by atoms with E-state index in [1.54, 1.807) is 11.3 Å². The molecule has 0 aromatic carbocycles. The number of piperidine rings is 1. The van der Waals surface area contributed by atoms with Gasteiger partial charge in [0.25, 0.3) is 0 Å². The Morgan fingerprint density at radius 1 is 1.53 bits per heavy atom. The van der Waals surface area contributed by atoms with Crippen LogP contribution < -0.4 is 0 Å². The van der Waals surface area contributed by atoms with E-state index in [-0.39, 0.29) is 0 Å². The van der Waals surface area contributed by atoms with Crippen LogP contribution in [0.25, 0.3) is 0 Å². The Hall–Kier alpha value is -0.450. The van der Waals surface area contributed by atoms with Crippen LogP contribution in [0.5, 0.6) is 0 Å². The van der Waals surface area contributed by atoms with Crippen LogP contribution in [-0.4, -0.2) is 27.6 Å². The van der Waals surface area contributed by atoms with Gasteiger partial charge in [-0.1, -0.05) is 6.42 Å². The molecule has 96 valence electrons. The van der Waals surface area contributed by atoms with Crippen LogP contribution in [0, 0.1) is 0 Å². The summed E-state index contributed by atoms with van der Waals surface area (Å²) in [6.45, 7) is 8.03. The van der Waals surface area contributed by atoms with Crippen molar-refractivity contribution in [2.75, 3.05) is 6.54 Å². The van der Waals surface area contributed by atoms with Crippen molar-refractivity contribution in [1.29, 1.82) is 0 Å². The molecule has 1 aromatic rings. The standard InChI is InChI=1S/C13H22N2OS/c1-10-6-4-5-7-15(10)9-12-14-8-11(17-12)13(2,3)16/h8,10,16H,4-7,9H2,1-3H3. The molecule has 0 saturated carbocycles. The largest absolute Gasteiger partial charge is 0.385 e. The second-order valence-electron chi connectivity index (χ2n) is 5.49. The lowest BCUT2D eigenvalue weighted by Crippen LogP contribution is -2.36. The summed E-state index contributed by atoms with van der Waals surface area (Å²) >= 11 is 1.63. The summed E-state index contributed by atoms with van der Waals surface area (Å²) in [6.07, 6.45) is 5.76. The molecule has 1 N–H and O–H groups in total. The fourth-order valence-corrected chi connectivity index (χ4v) is 3.18. The van der Waals surface area contributed by atoms with E-state index in [1.807, 2.05) is 20.0 Å². The van der Waals surface area contributed by atoms with Gasteiger partial charge in [0.05, 0.1) is 17.0 Å². The number of hydrogen-bond acceptors (Lipinski definition) is 4. The third kappa shape index (κ3) is 3.27. The number of thiazole rings is 1. The molecule has 3 nitrogen and oxygen atoms in total. The maximum atomic E-state index is 9.92. The van der Waals surface area contributed by atoms with Gasteiger partial charge in [-0.2, -0.15) is 0 Å². The van der Waals surface area contributed by atoms with E-state index in [0.29, 0.717) is 6.04 Å². The summed E-state index contributed by atoms with van der Waals surface area (Å²) in [6, 6.07) is 0.665. The number of likely N-dealkylation sites (tertiary alicyclic amines) is 1. The normalized spacial score (nSPS) is 22.9. The summed E-state index contributed by atoms with van der Waals surface area (Å²) in [4.78, 5) is 7.88. The average molecular weight is 254 g/mol. The molecule has 4 heteroatoms. The van der Waals surface area contributed by atoms with E-state index in [1.165, 1.54) is 25.8 Å². The highest BCUT2D eigenvalue weighted by Gasteiger charge is 2.22. The molecule has 1 fully saturated rings. The van der Waals surface area contributed by atoms with E-state index < -0.39 is 5.60 Å². The first kappa shape index (κ1) is 13.0. The summed E-state index contributed by atoms with van der Waals surface area (Å²) < 4.78 is 0. The summed E-state index contributed by atoms with van der Waals surface area (Å²) in [5.74, 6) is 0. The van der Waals surface area contributed by atoms with Crippen molar-refractivity contribution in [1.82, 2.24) is 9.88 Å². The smallest absolute Gasteiger partial charge is 0.107 e. The van der Waals surface area contributed by atoms with Crippen molar-refractivity contribution >= 4 is 11.3 Å². The zero-order valence-electron chi connectivity index (χ0n) is 10.9. The van der Waals surface area contributed by atoms with Crippen molar-refractivity contribution in [3.05, 3.63) is 16.1 Å². The monoisotopic (exact) mass is 254 g/mol. The molecule has 1 unspecified atom stereocenters. The van der Waals surface area contributed by atoms with E-state index in [9.17, 15) is 5.11 Å². The molecule has 0 amide bonds. The van der Waals surface area contributed by atoms with Gasteiger partial charge in [-0.3, -0.25) is 4.90 Å². The minimum Gasteiger partial charge on any atom is -0.385 e. The van der Waals surface area contributed by atoms with Gasteiger partial charge >= 0.3 is 0 Å². The maximum Gasteiger partial charge on any atom is 0.107 e. The summed E-state index contributed by atoms with van der Waals surface area (Å²) in [5.41, 5.74) is -0.760. The number of rotatable bonds is 3. The maximum absolute atomic E-state index is 9.92. The molecule has 0 radical (unpaired) electrons. The first-order chi connectivity index (χ1) is 7.97. The van der Waals surface area contributed by atoms with Gasteiger partial charge in [-0.15, -0.1) is 11.3 Å². The Morgan fingerprint density at radius 3 is 2.88 bits per heavy atom. The second-order valence-corrected chi connectivity index (χ2v) is 6.61. The average Bonchev–Trinajstić information content (AvgIpc) is 2.69. The Balaban J connectivity index is 2.01. The Kier molecular flexibility index (Phi) is 3.85. The first-order valence-electron chi connectivity index (χ1n) is 6.38. The fraction of sp³-hybridized carbons (Fsp3) is 0.769. The summed E-state index contributed by atoms with van der Waals surface area (Å²) in [5, 5.41) is 11.0. The highest BCUT2D eigenvalue weighted by Crippen LogP contribution is 2.27. The van der Waals surface area contributed by atoms with Gasteiger partial charge in [-0.05, 0) is 40.2 Å². The second kappa shape index (κ2) is 5.04. The number of nitrogens with zero attached hydrogens (tertiary/aromatic N) is 2. The molecule has 1 aromatic heterocycles. The molecule has 17 heavy (non-hydrogen) atoms. The van der Waals surface area contributed by atoms with Gasteiger partial charge in [0.1, 0.15) is 5.01 Å². The number of hydrogen-bond donors (Lipinski definition) is 1. The van der Waals surface area contributed by atoms with E-state index in [2.05, 4.69) is 16.8 Å². The molecule has 2 rings (SSSR count). The molecule has 2 heterocycles. The highest BCUT2D eigenvalue weighted by molar-refractivity contribution is 7.11. The number of aliphatic hydroxyl groups is 1. The van der Waals surface area contributed by atoms with Crippen molar-refractivity contribution in [3.63, 3.8) is 0 Å². The summed E-state index contributed by atoms with van der Waals surface area (Å²) in [7, 11) is 0. The van der Waals surface area contributed by atoms with Crippen molar-refractivity contribution in [2.24, 2.45) is 0 Å². The van der Waals surface area contributed by atoms with Crippen molar-refractivity contribution in [2.45, 2.75) is 58.2 Å². The van der Waals surface area contributed by atoms with Gasteiger partial charge in [0.2, 0.25) is 0 Å². The minimum atomic E-state index is -0.760. The minimum absolute atomic E-state index is 0.665. The van der Waals surface area contributed by atoms with Crippen LogP contribution >= 0.6 is 11.3 Å². The Labute approximate surface area is 107 Å². The van der Waals surface area contributed by atoms with Gasteiger partial charge in [-0.25, -0.2) is 4.98 Å². The van der Waals surface area contributed by atoms with E-state index >= 15 is 0 Å². The lowest BCUT2D eigenvalue weighted by atomic mass is 10.0. The molecule has 1 aliphatic rings. The lowest BCUT2D eigenvalue weighted by molar-refractivity contribution is 0.0823. The van der Waals surface area contributed by atoms with E-state index in [0.717, 1.165) is 16.4 Å². The highest BCUT2D eigenvalue weighted by atomic mass is 32.1. The quantitative estimate of drug-likeness (QED) is 0.901. The SMILES string of the molecule is CC1CCCCN1Cc1ncc(C(C)(C)O)s1. The van der Waals surface area contributed by atoms with Crippen LogP contribution in [0.3, 0.4) is 0 Å². The zero-order chi connectivity index (χ0) is 12.5. The van der Waals surface area contributed by atoms with Gasteiger partial charge < -0.3 is 5.11 Å². The van der Waals surface area contributed by atoms with Crippen LogP contribution in [0.4, 0.5) is 0 Å². The molecule has 1 saturated heterocycles. The fourth-order valence-electron chi connectivity index (χ4n) is 2.23. The van der Waals surface area contributed by atoms with Crippen molar-refractivity contribution in [3.8, 4) is 0 Å². The number of aromatic nitrogens is 1. The van der Waals surface area contributed by atoms with Crippen LogP contribution in [0.1, 0.15) is 49.9 Å². The molecular weight excluding hydrogens is 232 g/mol. The molecule has 1 aliphatic heterocycles. The van der Waals surface area contributed by atoms with Gasteiger partial charge in [0, 0.05) is 12.2 Å². The molecule has 1 atom stereocenters. The molecular formula is C13H22N2OS. The van der Waals surface area contributed by atoms with Crippen LogP contribution in [0.2, 0.25) is 0 Å². The predicted octanol–water partition coefficient (Wildman–Crippen LogP) is 2.74.